The number of rotatable bonds is 4. The van der Waals surface area contributed by atoms with Crippen LogP contribution in [-0.4, -0.2) is 27.2 Å². The molecule has 3 nitrogen and oxygen atoms in total. The molecule has 0 radical (unpaired) electrons. The Balaban J connectivity index is 1.94. The van der Waals surface area contributed by atoms with Gasteiger partial charge >= 0.3 is 0 Å². The van der Waals surface area contributed by atoms with Crippen molar-refractivity contribution in [1.82, 2.24) is 4.90 Å². The molecule has 1 aliphatic heterocycles. The fourth-order valence-corrected chi connectivity index (χ4v) is 3.95. The first-order valence-electron chi connectivity index (χ1n) is 6.99. The van der Waals surface area contributed by atoms with E-state index < -0.39 is 5.72 Å². The molecule has 1 N–H and O–H groups in total. The highest BCUT2D eigenvalue weighted by molar-refractivity contribution is 8.23. The lowest BCUT2D eigenvalue weighted by atomic mass is 10.0. The topological polar surface area (TPSA) is 32.7 Å². The van der Waals surface area contributed by atoms with Crippen molar-refractivity contribution in [3.63, 3.8) is 0 Å². The number of benzene rings is 2. The van der Waals surface area contributed by atoms with Crippen LogP contribution in [0.15, 0.2) is 54.6 Å². The highest BCUT2D eigenvalue weighted by Crippen LogP contribution is 2.40. The fraction of sp³-hybridized carbons (Fsp3) is 0.235. The van der Waals surface area contributed by atoms with Crippen LogP contribution in [0.2, 0.25) is 0 Å². The monoisotopic (exact) mass is 331 g/mol. The van der Waals surface area contributed by atoms with Crippen molar-refractivity contribution in [2.75, 3.05) is 12.9 Å². The van der Waals surface area contributed by atoms with Gasteiger partial charge in [0.15, 0.2) is 5.72 Å². The number of thiocarbonyl (C=S) groups is 1. The smallest absolute Gasteiger partial charge is 0.175 e. The van der Waals surface area contributed by atoms with E-state index in [1.807, 2.05) is 59.5 Å². The maximum atomic E-state index is 11.2. The first kappa shape index (κ1) is 15.3. The molecule has 1 heterocycles. The van der Waals surface area contributed by atoms with Crippen molar-refractivity contribution < 1.29 is 9.84 Å². The molecule has 0 saturated carbocycles. The van der Waals surface area contributed by atoms with E-state index in [0.717, 1.165) is 16.9 Å². The Kier molecular flexibility index (Phi) is 4.38. The second-order valence-electron chi connectivity index (χ2n) is 5.17. The zero-order chi connectivity index (χ0) is 15.6. The summed E-state index contributed by atoms with van der Waals surface area (Å²) < 4.78 is 5.99. The van der Waals surface area contributed by atoms with Gasteiger partial charge in [0, 0.05) is 12.1 Å². The molecule has 0 aliphatic carbocycles. The predicted octanol–water partition coefficient (Wildman–Crippen LogP) is 3.37. The average Bonchev–Trinajstić information content (AvgIpc) is 2.85. The summed E-state index contributed by atoms with van der Waals surface area (Å²) in [4.78, 5) is 1.89. The molecule has 3 rings (SSSR count). The number of aliphatic hydroxyl groups is 1. The fourth-order valence-electron chi connectivity index (χ4n) is 2.54. The molecule has 0 bridgehead atoms. The van der Waals surface area contributed by atoms with Crippen LogP contribution in [0.25, 0.3) is 0 Å². The molecule has 114 valence electrons. The second kappa shape index (κ2) is 6.28. The normalized spacial score (nSPS) is 21.2. The molecular formula is C17H17NO2S2. The summed E-state index contributed by atoms with van der Waals surface area (Å²) in [6.45, 7) is 0.584. The van der Waals surface area contributed by atoms with Gasteiger partial charge in [0.1, 0.15) is 10.1 Å². The quantitative estimate of drug-likeness (QED) is 0.869. The van der Waals surface area contributed by atoms with Crippen molar-refractivity contribution in [1.29, 1.82) is 0 Å². The molecule has 0 spiro atoms. The zero-order valence-electron chi connectivity index (χ0n) is 12.2. The minimum Gasteiger partial charge on any atom is -0.497 e. The molecule has 1 unspecified atom stereocenters. The van der Waals surface area contributed by atoms with Crippen molar-refractivity contribution in [2.24, 2.45) is 0 Å². The van der Waals surface area contributed by atoms with E-state index in [4.69, 9.17) is 17.0 Å². The molecule has 1 aliphatic rings. The number of nitrogens with zero attached hydrogens (tertiary/aromatic N) is 1. The lowest BCUT2D eigenvalue weighted by molar-refractivity contribution is -0.0509. The van der Waals surface area contributed by atoms with Gasteiger partial charge in [-0.15, -0.1) is 0 Å². The predicted molar refractivity (Wildman–Crippen MR) is 93.9 cm³/mol. The van der Waals surface area contributed by atoms with Crippen LogP contribution in [0.1, 0.15) is 11.1 Å². The molecular weight excluding hydrogens is 314 g/mol. The van der Waals surface area contributed by atoms with Crippen LogP contribution in [0.4, 0.5) is 0 Å². The Morgan fingerprint density at radius 3 is 2.73 bits per heavy atom. The van der Waals surface area contributed by atoms with Crippen molar-refractivity contribution in [2.45, 2.75) is 12.3 Å². The van der Waals surface area contributed by atoms with Gasteiger partial charge in [0.25, 0.3) is 0 Å². The molecule has 1 atom stereocenters. The summed E-state index contributed by atoms with van der Waals surface area (Å²) in [6.07, 6.45) is 0. The van der Waals surface area contributed by atoms with Gasteiger partial charge < -0.3 is 14.7 Å². The third-order valence-electron chi connectivity index (χ3n) is 3.78. The lowest BCUT2D eigenvalue weighted by Gasteiger charge is -2.34. The van der Waals surface area contributed by atoms with Crippen molar-refractivity contribution in [3.05, 3.63) is 65.7 Å². The maximum absolute atomic E-state index is 11.2. The molecule has 2 aromatic rings. The van der Waals surface area contributed by atoms with Gasteiger partial charge in [-0.2, -0.15) is 0 Å². The van der Waals surface area contributed by atoms with Crippen molar-refractivity contribution in [3.8, 4) is 5.75 Å². The third-order valence-corrected chi connectivity index (χ3v) is 5.37. The van der Waals surface area contributed by atoms with Gasteiger partial charge in [-0.05, 0) is 17.7 Å². The maximum Gasteiger partial charge on any atom is 0.175 e. The van der Waals surface area contributed by atoms with Crippen LogP contribution < -0.4 is 4.74 Å². The molecule has 0 amide bonds. The standard InChI is InChI=1S/C17H17NO2S2/c1-20-15-9-5-8-14(10-15)17(19)12-22-16(21)18(17)11-13-6-3-2-4-7-13/h2-10,19H,11-12H2,1H3. The minimum absolute atomic E-state index is 0.520. The van der Waals surface area contributed by atoms with E-state index in [9.17, 15) is 5.11 Å². The van der Waals surface area contributed by atoms with Gasteiger partial charge in [-0.25, -0.2) is 0 Å². The summed E-state index contributed by atoms with van der Waals surface area (Å²) >= 11 is 6.95. The van der Waals surface area contributed by atoms with Gasteiger partial charge in [0.05, 0.1) is 12.9 Å². The largest absolute Gasteiger partial charge is 0.497 e. The summed E-state index contributed by atoms with van der Waals surface area (Å²) in [7, 11) is 1.62. The lowest BCUT2D eigenvalue weighted by Crippen LogP contribution is -2.44. The first-order chi connectivity index (χ1) is 10.6. The Labute approximate surface area is 139 Å². The van der Waals surface area contributed by atoms with Gasteiger partial charge in [0.2, 0.25) is 0 Å². The summed E-state index contributed by atoms with van der Waals surface area (Å²) in [5.41, 5.74) is 0.815. The third kappa shape index (κ3) is 2.84. The molecule has 5 heteroatoms. The summed E-state index contributed by atoms with van der Waals surface area (Å²) in [5.74, 6) is 1.25. The van der Waals surface area contributed by atoms with Crippen LogP contribution in [0, 0.1) is 0 Å². The van der Waals surface area contributed by atoms with Crippen LogP contribution in [0.5, 0.6) is 5.75 Å². The second-order valence-corrected chi connectivity index (χ2v) is 6.78. The Bertz CT molecular complexity index is 677. The van der Waals surface area contributed by atoms with Gasteiger partial charge in [-0.3, -0.25) is 0 Å². The van der Waals surface area contributed by atoms with E-state index in [2.05, 4.69) is 0 Å². The summed E-state index contributed by atoms with van der Waals surface area (Å²) in [6, 6.07) is 17.6. The minimum atomic E-state index is -1.11. The highest BCUT2D eigenvalue weighted by Gasteiger charge is 2.44. The van der Waals surface area contributed by atoms with Crippen LogP contribution in [-0.2, 0) is 12.3 Å². The molecule has 1 saturated heterocycles. The molecule has 22 heavy (non-hydrogen) atoms. The van der Waals surface area contributed by atoms with Crippen LogP contribution >= 0.6 is 24.0 Å². The van der Waals surface area contributed by atoms with Gasteiger partial charge in [-0.1, -0.05) is 66.4 Å². The number of hydrogen-bond acceptors (Lipinski definition) is 4. The molecule has 0 aromatic heterocycles. The number of hydrogen-bond donors (Lipinski definition) is 1. The molecule has 1 fully saturated rings. The number of ether oxygens (including phenoxy) is 1. The van der Waals surface area contributed by atoms with E-state index in [1.54, 1.807) is 7.11 Å². The van der Waals surface area contributed by atoms with Crippen LogP contribution in [0.3, 0.4) is 0 Å². The summed E-state index contributed by atoms with van der Waals surface area (Å²) in [5, 5.41) is 11.2. The van der Waals surface area contributed by atoms with E-state index in [-0.39, 0.29) is 0 Å². The number of thioether (sulfide) groups is 1. The van der Waals surface area contributed by atoms with E-state index >= 15 is 0 Å². The molecule has 2 aromatic carbocycles. The van der Waals surface area contributed by atoms with E-state index in [0.29, 0.717) is 16.6 Å². The Morgan fingerprint density at radius 2 is 2.00 bits per heavy atom. The average molecular weight is 331 g/mol. The SMILES string of the molecule is COc1cccc(C2(O)CSC(=S)N2Cc2ccccc2)c1. The number of methoxy groups -OCH3 is 1. The highest BCUT2D eigenvalue weighted by atomic mass is 32.2. The Hall–Kier alpha value is -1.56. The van der Waals surface area contributed by atoms with E-state index in [1.165, 1.54) is 11.8 Å². The first-order valence-corrected chi connectivity index (χ1v) is 8.38. The Morgan fingerprint density at radius 1 is 1.23 bits per heavy atom. The zero-order valence-corrected chi connectivity index (χ0v) is 13.9. The van der Waals surface area contributed by atoms with Crippen molar-refractivity contribution >= 4 is 28.3 Å².